The predicted octanol–water partition coefficient (Wildman–Crippen LogP) is 2.91. The van der Waals surface area contributed by atoms with E-state index in [1.807, 2.05) is 13.1 Å². The molecule has 1 aromatic heterocycles. The monoisotopic (exact) mass is 256 g/mol. The summed E-state index contributed by atoms with van der Waals surface area (Å²) in [4.78, 5) is 11.6. The van der Waals surface area contributed by atoms with Gasteiger partial charge in [-0.25, -0.2) is 4.98 Å². The summed E-state index contributed by atoms with van der Waals surface area (Å²) in [6.45, 7) is 4.49. The smallest absolute Gasteiger partial charge is 0.224 e. The van der Waals surface area contributed by atoms with Crippen LogP contribution in [-0.2, 0) is 0 Å². The third kappa shape index (κ3) is 2.35. The Kier molecular flexibility index (Phi) is 3.23. The molecule has 1 atom stereocenters. The highest BCUT2D eigenvalue weighted by molar-refractivity contribution is 5.90. The number of hydrogen-bond donors (Lipinski definition) is 1. The summed E-state index contributed by atoms with van der Waals surface area (Å²) in [7, 11) is 1.87. The molecule has 1 aliphatic rings. The van der Waals surface area contributed by atoms with E-state index in [0.29, 0.717) is 5.95 Å². The first-order chi connectivity index (χ1) is 9.28. The topological polar surface area (TPSA) is 41.1 Å². The Balaban J connectivity index is 2.10. The first-order valence-electron chi connectivity index (χ1n) is 6.97. The molecule has 2 heterocycles. The largest absolute Gasteiger partial charge is 0.357 e. The highest BCUT2D eigenvalue weighted by Crippen LogP contribution is 2.28. The number of fused-ring (bicyclic) bond motifs is 1. The third-order valence-electron chi connectivity index (χ3n) is 3.76. The molecule has 0 spiro atoms. The molecule has 0 bridgehead atoms. The molecule has 1 fully saturated rings. The fourth-order valence-corrected chi connectivity index (χ4v) is 2.79. The van der Waals surface area contributed by atoms with E-state index >= 15 is 0 Å². The molecule has 1 aliphatic heterocycles. The molecule has 4 nitrogen and oxygen atoms in total. The van der Waals surface area contributed by atoms with Crippen LogP contribution in [0.1, 0.15) is 19.8 Å². The van der Waals surface area contributed by atoms with Crippen molar-refractivity contribution in [2.75, 3.05) is 30.4 Å². The molecule has 0 saturated carbocycles. The minimum atomic E-state index is 0.701. The van der Waals surface area contributed by atoms with Gasteiger partial charge in [-0.1, -0.05) is 19.1 Å². The molecule has 0 amide bonds. The van der Waals surface area contributed by atoms with Crippen LogP contribution in [0.2, 0.25) is 0 Å². The van der Waals surface area contributed by atoms with Crippen molar-refractivity contribution in [1.82, 2.24) is 9.97 Å². The van der Waals surface area contributed by atoms with E-state index < -0.39 is 0 Å². The van der Waals surface area contributed by atoms with Gasteiger partial charge in [-0.2, -0.15) is 4.98 Å². The number of piperidine rings is 1. The van der Waals surface area contributed by atoms with Crippen LogP contribution >= 0.6 is 0 Å². The van der Waals surface area contributed by atoms with Gasteiger partial charge in [-0.3, -0.25) is 0 Å². The standard InChI is InChI=1S/C15H20N4/c1-11-6-5-9-19(10-11)14-12-7-3-4-8-13(12)17-15(16-2)18-14/h3-4,7-8,11H,5-6,9-10H2,1-2H3,(H,16,17,18). The van der Waals surface area contributed by atoms with Gasteiger partial charge in [-0.05, 0) is 30.9 Å². The van der Waals surface area contributed by atoms with Crippen LogP contribution in [0.5, 0.6) is 0 Å². The quantitative estimate of drug-likeness (QED) is 0.897. The van der Waals surface area contributed by atoms with E-state index in [-0.39, 0.29) is 0 Å². The molecule has 1 saturated heterocycles. The van der Waals surface area contributed by atoms with Crippen LogP contribution in [0, 0.1) is 5.92 Å². The van der Waals surface area contributed by atoms with E-state index in [4.69, 9.17) is 0 Å². The number of benzene rings is 1. The van der Waals surface area contributed by atoms with Crippen molar-refractivity contribution in [3.05, 3.63) is 24.3 Å². The van der Waals surface area contributed by atoms with Crippen molar-refractivity contribution in [1.29, 1.82) is 0 Å². The number of hydrogen-bond acceptors (Lipinski definition) is 4. The van der Waals surface area contributed by atoms with Crippen molar-refractivity contribution in [3.63, 3.8) is 0 Å². The van der Waals surface area contributed by atoms with Crippen LogP contribution in [-0.4, -0.2) is 30.1 Å². The molecule has 0 radical (unpaired) electrons. The normalized spacial score (nSPS) is 19.7. The van der Waals surface area contributed by atoms with Crippen LogP contribution < -0.4 is 10.2 Å². The summed E-state index contributed by atoms with van der Waals surface area (Å²) >= 11 is 0. The summed E-state index contributed by atoms with van der Waals surface area (Å²) in [6.07, 6.45) is 2.56. The van der Waals surface area contributed by atoms with Gasteiger partial charge in [0.25, 0.3) is 0 Å². The van der Waals surface area contributed by atoms with E-state index in [0.717, 1.165) is 35.7 Å². The molecular formula is C15H20N4. The first-order valence-corrected chi connectivity index (χ1v) is 6.97. The lowest BCUT2D eigenvalue weighted by Gasteiger charge is -2.32. The average molecular weight is 256 g/mol. The van der Waals surface area contributed by atoms with Crippen molar-refractivity contribution in [2.24, 2.45) is 5.92 Å². The zero-order valence-corrected chi connectivity index (χ0v) is 11.6. The van der Waals surface area contributed by atoms with Crippen LogP contribution in [0.4, 0.5) is 11.8 Å². The summed E-state index contributed by atoms with van der Waals surface area (Å²) in [6, 6.07) is 8.25. The second kappa shape index (κ2) is 5.03. The zero-order valence-electron chi connectivity index (χ0n) is 11.6. The van der Waals surface area contributed by atoms with Crippen LogP contribution in [0.3, 0.4) is 0 Å². The molecule has 4 heteroatoms. The minimum Gasteiger partial charge on any atom is -0.357 e. The summed E-state index contributed by atoms with van der Waals surface area (Å²) in [5.41, 5.74) is 1.01. The Labute approximate surface area is 113 Å². The molecule has 2 aromatic rings. The number of para-hydroxylation sites is 1. The van der Waals surface area contributed by atoms with E-state index in [1.165, 1.54) is 12.8 Å². The Hall–Kier alpha value is -1.84. The van der Waals surface area contributed by atoms with E-state index in [1.54, 1.807) is 0 Å². The fourth-order valence-electron chi connectivity index (χ4n) is 2.79. The SMILES string of the molecule is CNc1nc(N2CCCC(C)C2)c2ccccc2n1. The average Bonchev–Trinajstić information content (AvgIpc) is 2.46. The molecule has 19 heavy (non-hydrogen) atoms. The Morgan fingerprint density at radius 1 is 1.26 bits per heavy atom. The van der Waals surface area contributed by atoms with Crippen LogP contribution in [0.25, 0.3) is 10.9 Å². The molecular weight excluding hydrogens is 236 g/mol. The molecule has 1 N–H and O–H groups in total. The number of rotatable bonds is 2. The highest BCUT2D eigenvalue weighted by atomic mass is 15.2. The van der Waals surface area contributed by atoms with Gasteiger partial charge < -0.3 is 10.2 Å². The maximum atomic E-state index is 4.68. The lowest BCUT2D eigenvalue weighted by Crippen LogP contribution is -2.35. The predicted molar refractivity (Wildman–Crippen MR) is 79.7 cm³/mol. The van der Waals surface area contributed by atoms with E-state index in [2.05, 4.69) is 45.3 Å². The third-order valence-corrected chi connectivity index (χ3v) is 3.76. The Bertz CT molecular complexity index is 581. The zero-order chi connectivity index (χ0) is 13.2. The fraction of sp³-hybridized carbons (Fsp3) is 0.467. The number of nitrogens with zero attached hydrogens (tertiary/aromatic N) is 3. The number of nitrogens with one attached hydrogen (secondary N) is 1. The van der Waals surface area contributed by atoms with Gasteiger partial charge in [0.15, 0.2) is 0 Å². The maximum absolute atomic E-state index is 4.68. The molecule has 100 valence electrons. The van der Waals surface area contributed by atoms with Crippen molar-refractivity contribution in [2.45, 2.75) is 19.8 Å². The number of aromatic nitrogens is 2. The number of anilines is 2. The van der Waals surface area contributed by atoms with Gasteiger partial charge in [-0.15, -0.1) is 0 Å². The summed E-state index contributed by atoms with van der Waals surface area (Å²) < 4.78 is 0. The molecule has 1 unspecified atom stereocenters. The van der Waals surface area contributed by atoms with Gasteiger partial charge in [0.05, 0.1) is 5.52 Å². The van der Waals surface area contributed by atoms with Gasteiger partial charge in [0.2, 0.25) is 5.95 Å². The van der Waals surface area contributed by atoms with Crippen molar-refractivity contribution >= 4 is 22.7 Å². The summed E-state index contributed by atoms with van der Waals surface area (Å²) in [5.74, 6) is 2.51. The summed E-state index contributed by atoms with van der Waals surface area (Å²) in [5, 5.41) is 4.21. The van der Waals surface area contributed by atoms with Crippen molar-refractivity contribution < 1.29 is 0 Å². The van der Waals surface area contributed by atoms with Gasteiger partial charge in [0.1, 0.15) is 5.82 Å². The second-order valence-corrected chi connectivity index (χ2v) is 5.33. The Morgan fingerprint density at radius 3 is 2.89 bits per heavy atom. The highest BCUT2D eigenvalue weighted by Gasteiger charge is 2.20. The molecule has 0 aliphatic carbocycles. The Morgan fingerprint density at radius 2 is 2.11 bits per heavy atom. The molecule has 1 aromatic carbocycles. The minimum absolute atomic E-state index is 0.701. The maximum Gasteiger partial charge on any atom is 0.224 e. The van der Waals surface area contributed by atoms with E-state index in [9.17, 15) is 0 Å². The lowest BCUT2D eigenvalue weighted by atomic mass is 10.00. The second-order valence-electron chi connectivity index (χ2n) is 5.33. The molecule has 3 rings (SSSR count). The lowest BCUT2D eigenvalue weighted by molar-refractivity contribution is 0.445. The van der Waals surface area contributed by atoms with Gasteiger partial charge >= 0.3 is 0 Å². The van der Waals surface area contributed by atoms with Crippen molar-refractivity contribution in [3.8, 4) is 0 Å². The first kappa shape index (κ1) is 12.2. The van der Waals surface area contributed by atoms with Crippen LogP contribution in [0.15, 0.2) is 24.3 Å². The van der Waals surface area contributed by atoms with Gasteiger partial charge in [0, 0.05) is 25.5 Å².